The zero-order chi connectivity index (χ0) is 15.6. The van der Waals surface area contributed by atoms with E-state index in [1.54, 1.807) is 4.90 Å². The Morgan fingerprint density at radius 2 is 2.00 bits per heavy atom. The van der Waals surface area contributed by atoms with Crippen molar-refractivity contribution in [2.45, 2.75) is 39.1 Å². The third-order valence-corrected chi connectivity index (χ3v) is 3.29. The second-order valence-electron chi connectivity index (χ2n) is 5.11. The zero-order valence-corrected chi connectivity index (χ0v) is 12.0. The molecule has 0 radical (unpaired) electrons. The van der Waals surface area contributed by atoms with E-state index in [9.17, 15) is 9.59 Å². The van der Waals surface area contributed by atoms with Gasteiger partial charge in [0.15, 0.2) is 5.69 Å². The maximum absolute atomic E-state index is 12.3. The first-order valence-electron chi connectivity index (χ1n) is 6.71. The number of nitrogens with two attached hydrogens (primary N) is 1. The lowest BCUT2D eigenvalue weighted by atomic mass is 10.2. The Balaban J connectivity index is 2.11. The van der Waals surface area contributed by atoms with Crippen LogP contribution >= 0.6 is 0 Å². The second-order valence-corrected chi connectivity index (χ2v) is 5.11. The minimum absolute atomic E-state index is 0.0306. The molecule has 0 bridgehead atoms. The summed E-state index contributed by atoms with van der Waals surface area (Å²) in [6.07, 6.45) is -0.0611. The second kappa shape index (κ2) is 6.19. The van der Waals surface area contributed by atoms with Gasteiger partial charge < -0.3 is 20.5 Å². The molecule has 0 saturated carbocycles. The minimum Gasteiger partial charge on any atom is -0.476 e. The van der Waals surface area contributed by atoms with Gasteiger partial charge in [0.05, 0.1) is 17.9 Å². The number of aromatic carboxylic acids is 1. The van der Waals surface area contributed by atoms with Crippen LogP contribution in [-0.2, 0) is 22.6 Å². The quantitative estimate of drug-likeness (QED) is 0.735. The Bertz CT molecular complexity index is 534. The van der Waals surface area contributed by atoms with E-state index < -0.39 is 5.97 Å². The monoisotopic (exact) mass is 297 g/mol. The molecule has 2 atom stereocenters. The van der Waals surface area contributed by atoms with Crippen molar-refractivity contribution in [3.8, 4) is 0 Å². The number of carboxylic acid groups (broad SMARTS) is 1. The molecule has 2 heterocycles. The number of nitrogens with zero attached hydrogens (tertiary/aromatic N) is 4. The fraction of sp³-hybridized carbons (Fsp3) is 0.667. The van der Waals surface area contributed by atoms with E-state index in [0.29, 0.717) is 13.1 Å². The molecule has 3 N–H and O–H groups in total. The Morgan fingerprint density at radius 3 is 2.52 bits per heavy atom. The number of rotatable bonds is 4. The lowest BCUT2D eigenvalue weighted by Gasteiger charge is -2.35. The number of carbonyl (C=O) groups excluding carboxylic acids is 1. The third-order valence-electron chi connectivity index (χ3n) is 3.29. The maximum Gasteiger partial charge on any atom is 0.358 e. The number of carboxylic acids is 1. The van der Waals surface area contributed by atoms with Gasteiger partial charge >= 0.3 is 5.97 Å². The molecular formula is C12H19N5O4. The van der Waals surface area contributed by atoms with Crippen molar-refractivity contribution < 1.29 is 19.4 Å². The molecular weight excluding hydrogens is 278 g/mol. The van der Waals surface area contributed by atoms with Crippen LogP contribution in [0.2, 0.25) is 0 Å². The molecule has 1 saturated heterocycles. The van der Waals surface area contributed by atoms with Gasteiger partial charge in [0.2, 0.25) is 5.91 Å². The molecule has 116 valence electrons. The molecule has 1 aromatic rings. The van der Waals surface area contributed by atoms with Crippen molar-refractivity contribution in [1.82, 2.24) is 19.9 Å². The largest absolute Gasteiger partial charge is 0.476 e. The summed E-state index contributed by atoms with van der Waals surface area (Å²) in [4.78, 5) is 25.0. The number of hydrogen-bond donors (Lipinski definition) is 2. The maximum atomic E-state index is 12.3. The molecule has 0 aliphatic carbocycles. The number of ether oxygens (including phenoxy) is 1. The Morgan fingerprint density at radius 1 is 1.38 bits per heavy atom. The molecule has 1 amide bonds. The van der Waals surface area contributed by atoms with Crippen molar-refractivity contribution in [2.75, 3.05) is 13.1 Å². The van der Waals surface area contributed by atoms with E-state index in [-0.39, 0.29) is 42.6 Å². The van der Waals surface area contributed by atoms with E-state index in [1.807, 2.05) is 13.8 Å². The van der Waals surface area contributed by atoms with Crippen LogP contribution in [-0.4, -0.2) is 62.2 Å². The van der Waals surface area contributed by atoms with Crippen LogP contribution in [0, 0.1) is 0 Å². The highest BCUT2D eigenvalue weighted by atomic mass is 16.5. The van der Waals surface area contributed by atoms with Gasteiger partial charge in [-0.05, 0) is 13.8 Å². The fourth-order valence-corrected chi connectivity index (χ4v) is 2.44. The molecule has 1 aliphatic rings. The summed E-state index contributed by atoms with van der Waals surface area (Å²) in [5.41, 5.74) is 5.55. The minimum atomic E-state index is -1.21. The van der Waals surface area contributed by atoms with Crippen LogP contribution in [0.25, 0.3) is 0 Å². The van der Waals surface area contributed by atoms with Gasteiger partial charge in [-0.15, -0.1) is 5.10 Å². The van der Waals surface area contributed by atoms with E-state index in [2.05, 4.69) is 10.3 Å². The average molecular weight is 297 g/mol. The molecule has 1 aromatic heterocycles. The molecule has 1 aliphatic heterocycles. The molecule has 21 heavy (non-hydrogen) atoms. The van der Waals surface area contributed by atoms with Crippen LogP contribution in [0.4, 0.5) is 0 Å². The highest BCUT2D eigenvalue weighted by molar-refractivity contribution is 5.86. The number of carbonyl (C=O) groups is 2. The molecule has 9 heteroatoms. The lowest BCUT2D eigenvalue weighted by molar-refractivity contribution is -0.144. The summed E-state index contributed by atoms with van der Waals surface area (Å²) in [6, 6.07) is 0. The van der Waals surface area contributed by atoms with Gasteiger partial charge in [-0.2, -0.15) is 0 Å². The SMILES string of the molecule is CC1CN(C(=O)Cn2nnc(C(=O)O)c2CN)CC(C)O1. The molecule has 0 aromatic carbocycles. The molecule has 2 rings (SSSR count). The van der Waals surface area contributed by atoms with E-state index >= 15 is 0 Å². The Labute approximate surface area is 121 Å². The predicted octanol–water partition coefficient (Wildman–Crippen LogP) is -0.929. The van der Waals surface area contributed by atoms with Crippen molar-refractivity contribution in [1.29, 1.82) is 0 Å². The molecule has 0 spiro atoms. The van der Waals surface area contributed by atoms with Crippen LogP contribution in [0.1, 0.15) is 30.0 Å². The van der Waals surface area contributed by atoms with E-state index in [0.717, 1.165) is 0 Å². The number of morpholine rings is 1. The van der Waals surface area contributed by atoms with Gasteiger partial charge in [-0.1, -0.05) is 5.21 Å². The summed E-state index contributed by atoms with van der Waals surface area (Å²) in [7, 11) is 0. The summed E-state index contributed by atoms with van der Waals surface area (Å²) in [5, 5.41) is 16.2. The summed E-state index contributed by atoms with van der Waals surface area (Å²) >= 11 is 0. The highest BCUT2D eigenvalue weighted by Crippen LogP contribution is 2.12. The smallest absolute Gasteiger partial charge is 0.358 e. The van der Waals surface area contributed by atoms with Crippen molar-refractivity contribution in [3.05, 3.63) is 11.4 Å². The fourth-order valence-electron chi connectivity index (χ4n) is 2.44. The zero-order valence-electron chi connectivity index (χ0n) is 12.0. The van der Waals surface area contributed by atoms with Gasteiger partial charge in [-0.3, -0.25) is 4.79 Å². The van der Waals surface area contributed by atoms with Gasteiger partial charge in [0, 0.05) is 19.6 Å². The van der Waals surface area contributed by atoms with Crippen LogP contribution in [0.3, 0.4) is 0 Å². The van der Waals surface area contributed by atoms with E-state index in [1.165, 1.54) is 4.68 Å². The lowest BCUT2D eigenvalue weighted by Crippen LogP contribution is -2.49. The molecule has 2 unspecified atom stereocenters. The molecule has 9 nitrogen and oxygen atoms in total. The van der Waals surface area contributed by atoms with Crippen LogP contribution in [0.5, 0.6) is 0 Å². The third kappa shape index (κ3) is 3.37. The van der Waals surface area contributed by atoms with Crippen molar-refractivity contribution in [3.63, 3.8) is 0 Å². The van der Waals surface area contributed by atoms with Gasteiger partial charge in [0.25, 0.3) is 0 Å². The number of aromatic nitrogens is 3. The standard InChI is InChI=1S/C12H19N5O4/c1-7-4-16(5-8(2)21-7)10(18)6-17-9(3-13)11(12(19)20)14-15-17/h7-8H,3-6,13H2,1-2H3,(H,19,20). The first kappa shape index (κ1) is 15.4. The van der Waals surface area contributed by atoms with Gasteiger partial charge in [0.1, 0.15) is 6.54 Å². The first-order chi connectivity index (χ1) is 9.92. The molecule has 1 fully saturated rings. The first-order valence-corrected chi connectivity index (χ1v) is 6.71. The normalized spacial score (nSPS) is 22.3. The van der Waals surface area contributed by atoms with E-state index in [4.69, 9.17) is 15.6 Å². The van der Waals surface area contributed by atoms with Crippen molar-refractivity contribution >= 4 is 11.9 Å². The average Bonchev–Trinajstić information content (AvgIpc) is 2.80. The van der Waals surface area contributed by atoms with Gasteiger partial charge in [-0.25, -0.2) is 9.48 Å². The van der Waals surface area contributed by atoms with Crippen molar-refractivity contribution in [2.24, 2.45) is 5.73 Å². The predicted molar refractivity (Wildman–Crippen MR) is 71.5 cm³/mol. The highest BCUT2D eigenvalue weighted by Gasteiger charge is 2.27. The van der Waals surface area contributed by atoms with Crippen LogP contribution in [0.15, 0.2) is 0 Å². The Kier molecular flexibility index (Phi) is 4.53. The number of amides is 1. The summed E-state index contributed by atoms with van der Waals surface area (Å²) < 4.78 is 6.82. The number of hydrogen-bond acceptors (Lipinski definition) is 6. The van der Waals surface area contributed by atoms with Crippen LogP contribution < -0.4 is 5.73 Å². The topological polar surface area (TPSA) is 124 Å². The Hall–Kier alpha value is -2.00. The summed E-state index contributed by atoms with van der Waals surface area (Å²) in [6.45, 7) is 4.69. The summed E-state index contributed by atoms with van der Waals surface area (Å²) in [5.74, 6) is -1.36.